The molecule has 2 bridgehead atoms. The molecular formula is C44H38N4O3. The second-order valence-electron chi connectivity index (χ2n) is 13.2. The fourth-order valence-corrected chi connectivity index (χ4v) is 8.27. The van der Waals surface area contributed by atoms with Crippen LogP contribution < -0.4 is 5.32 Å². The lowest BCUT2D eigenvalue weighted by Crippen LogP contribution is -2.40. The number of pyridine rings is 2. The molecule has 3 aromatic carbocycles. The van der Waals surface area contributed by atoms with E-state index in [1.165, 1.54) is 4.90 Å². The molecule has 7 nitrogen and oxygen atoms in total. The maximum Gasteiger partial charge on any atom is 0.234 e. The minimum atomic E-state index is -1.65. The first-order valence-electron chi connectivity index (χ1n) is 17.5. The van der Waals surface area contributed by atoms with Gasteiger partial charge in [-0.05, 0) is 52.1 Å². The minimum absolute atomic E-state index is 0.165. The molecule has 3 heterocycles. The fraction of sp³-hybridized carbons (Fsp3) is 0.182. The van der Waals surface area contributed by atoms with Crippen molar-refractivity contribution in [2.45, 2.75) is 5.60 Å². The summed E-state index contributed by atoms with van der Waals surface area (Å²) in [5, 5.41) is 16.4. The number of rotatable bonds is 11. The molecule has 3 aliphatic rings. The highest BCUT2D eigenvalue weighted by Gasteiger charge is 2.66. The zero-order valence-corrected chi connectivity index (χ0v) is 28.0. The van der Waals surface area contributed by atoms with Gasteiger partial charge in [-0.3, -0.25) is 24.5 Å². The molecule has 2 amide bonds. The van der Waals surface area contributed by atoms with Crippen molar-refractivity contribution in [2.75, 3.05) is 19.6 Å². The summed E-state index contributed by atoms with van der Waals surface area (Å²) in [7, 11) is 0. The number of fused-ring (bicyclic) bond motifs is 5. The predicted molar refractivity (Wildman–Crippen MR) is 197 cm³/mol. The molecule has 2 N–H and O–H groups in total. The molecule has 2 fully saturated rings. The van der Waals surface area contributed by atoms with E-state index in [4.69, 9.17) is 4.98 Å². The Morgan fingerprint density at radius 2 is 1.41 bits per heavy atom. The van der Waals surface area contributed by atoms with E-state index in [0.29, 0.717) is 29.9 Å². The van der Waals surface area contributed by atoms with Crippen molar-refractivity contribution in [3.05, 3.63) is 191 Å². The topological polar surface area (TPSA) is 95.4 Å². The number of aromatic nitrogens is 2. The molecular weight excluding hydrogens is 633 g/mol. The number of amides is 2. The van der Waals surface area contributed by atoms with Crippen molar-refractivity contribution >= 4 is 23.5 Å². The van der Waals surface area contributed by atoms with Crippen LogP contribution in [0.2, 0.25) is 0 Å². The van der Waals surface area contributed by atoms with E-state index >= 15 is 0 Å². The van der Waals surface area contributed by atoms with Crippen LogP contribution in [-0.4, -0.2) is 51.4 Å². The molecule has 2 aliphatic carbocycles. The van der Waals surface area contributed by atoms with Crippen LogP contribution in [0.5, 0.6) is 0 Å². The molecule has 5 aromatic rings. The monoisotopic (exact) mass is 670 g/mol. The van der Waals surface area contributed by atoms with E-state index < -0.39 is 29.3 Å². The van der Waals surface area contributed by atoms with Crippen LogP contribution in [-0.2, 0) is 15.2 Å². The number of carbonyl (C=O) groups is 2. The predicted octanol–water partition coefficient (Wildman–Crippen LogP) is 6.30. The number of allylic oxidation sites excluding steroid dienone is 2. The van der Waals surface area contributed by atoms with Gasteiger partial charge < -0.3 is 10.4 Å². The Balaban J connectivity index is 1.20. The van der Waals surface area contributed by atoms with Gasteiger partial charge in [0.05, 0.1) is 23.2 Å². The van der Waals surface area contributed by atoms with Gasteiger partial charge in [0.25, 0.3) is 0 Å². The SMILES string of the molecule is O=C1C2C3C=C(C(O)(c4ccccc4)c4ccccn4)C(C3=C(c3ccccc3)c3ccccn3)C2C(=O)N1CCNCC=Cc1ccccc1. The summed E-state index contributed by atoms with van der Waals surface area (Å²) in [5.41, 5.74) is 4.79. The van der Waals surface area contributed by atoms with Crippen LogP contribution in [0.4, 0.5) is 0 Å². The second-order valence-corrected chi connectivity index (χ2v) is 13.2. The largest absolute Gasteiger partial charge is 0.375 e. The summed E-state index contributed by atoms with van der Waals surface area (Å²) < 4.78 is 0. The Labute approximate surface area is 297 Å². The van der Waals surface area contributed by atoms with Gasteiger partial charge in [-0.25, -0.2) is 0 Å². The van der Waals surface area contributed by atoms with Crippen LogP contribution in [0.3, 0.4) is 0 Å². The number of hydrogen-bond donors (Lipinski definition) is 2. The number of nitrogens with one attached hydrogen (secondary N) is 1. The van der Waals surface area contributed by atoms with E-state index in [0.717, 1.165) is 28.0 Å². The Kier molecular flexibility index (Phi) is 8.82. The molecule has 5 unspecified atom stereocenters. The first kappa shape index (κ1) is 32.4. The normalized spacial score (nSPS) is 23.0. The number of imide groups is 1. The molecule has 51 heavy (non-hydrogen) atoms. The summed E-state index contributed by atoms with van der Waals surface area (Å²) in [5.74, 6) is -2.60. The van der Waals surface area contributed by atoms with Gasteiger partial charge in [0.2, 0.25) is 11.8 Å². The fourth-order valence-electron chi connectivity index (χ4n) is 8.27. The number of aliphatic hydroxyl groups is 1. The lowest BCUT2D eigenvalue weighted by molar-refractivity contribution is -0.140. The van der Waals surface area contributed by atoms with Gasteiger partial charge in [-0.2, -0.15) is 0 Å². The van der Waals surface area contributed by atoms with Crippen molar-refractivity contribution in [1.82, 2.24) is 20.2 Å². The molecule has 0 radical (unpaired) electrons. The first-order valence-corrected chi connectivity index (χ1v) is 17.5. The van der Waals surface area contributed by atoms with E-state index in [-0.39, 0.29) is 18.4 Å². The van der Waals surface area contributed by atoms with E-state index in [1.807, 2.05) is 140 Å². The van der Waals surface area contributed by atoms with Crippen molar-refractivity contribution in [1.29, 1.82) is 0 Å². The summed E-state index contributed by atoms with van der Waals surface area (Å²) >= 11 is 0. The molecule has 2 aromatic heterocycles. The van der Waals surface area contributed by atoms with Gasteiger partial charge in [0.1, 0.15) is 0 Å². The third kappa shape index (κ3) is 5.74. The lowest BCUT2D eigenvalue weighted by atomic mass is 9.71. The first-order chi connectivity index (χ1) is 25.1. The molecule has 1 aliphatic heterocycles. The Morgan fingerprint density at radius 1 is 0.765 bits per heavy atom. The number of benzene rings is 3. The van der Waals surface area contributed by atoms with Crippen LogP contribution in [0.25, 0.3) is 11.6 Å². The van der Waals surface area contributed by atoms with Crippen molar-refractivity contribution in [3.8, 4) is 0 Å². The summed E-state index contributed by atoms with van der Waals surface area (Å²) in [6.07, 6.45) is 9.57. The summed E-state index contributed by atoms with van der Waals surface area (Å²) in [4.78, 5) is 39.8. The molecule has 1 saturated heterocycles. The highest BCUT2D eigenvalue weighted by molar-refractivity contribution is 6.08. The van der Waals surface area contributed by atoms with E-state index in [1.54, 1.807) is 12.4 Å². The van der Waals surface area contributed by atoms with Gasteiger partial charge in [0.15, 0.2) is 5.60 Å². The summed E-state index contributed by atoms with van der Waals surface area (Å²) in [6.45, 7) is 1.35. The maximum atomic E-state index is 14.6. The van der Waals surface area contributed by atoms with Gasteiger partial charge in [-0.1, -0.05) is 121 Å². The van der Waals surface area contributed by atoms with Crippen molar-refractivity contribution in [3.63, 3.8) is 0 Å². The zero-order chi connectivity index (χ0) is 34.8. The minimum Gasteiger partial charge on any atom is -0.375 e. The third-order valence-corrected chi connectivity index (χ3v) is 10.4. The van der Waals surface area contributed by atoms with Gasteiger partial charge in [-0.15, -0.1) is 0 Å². The highest BCUT2D eigenvalue weighted by atomic mass is 16.3. The smallest absolute Gasteiger partial charge is 0.234 e. The average Bonchev–Trinajstić information content (AvgIpc) is 3.80. The summed E-state index contributed by atoms with van der Waals surface area (Å²) in [6, 6.07) is 40.9. The van der Waals surface area contributed by atoms with Crippen LogP contribution in [0.1, 0.15) is 28.1 Å². The number of carbonyl (C=O) groups excluding carboxylic acids is 2. The second kappa shape index (κ2) is 13.9. The Hall–Kier alpha value is -5.76. The molecule has 7 heteroatoms. The standard InChI is InChI=1S/C44H38N4O3/c49-42-39-33-29-34(44(51,32-20-8-3-9-21-32)36-23-11-13-26-47-36)40(38(33)37(31-18-6-2-7-19-31)35-22-10-12-25-46-35)41(39)43(50)48(42)28-27-45-24-14-17-30-15-4-1-5-16-30/h1-23,25-26,29,33,39-41,45,51H,24,27-28H2. The van der Waals surface area contributed by atoms with Crippen LogP contribution in [0.15, 0.2) is 163 Å². The quantitative estimate of drug-likeness (QED) is 0.0973. The Bertz CT molecular complexity index is 2040. The molecule has 5 atom stereocenters. The van der Waals surface area contributed by atoms with Crippen LogP contribution in [0, 0.1) is 23.7 Å². The number of likely N-dealkylation sites (tertiary alicyclic amines) is 1. The maximum absolute atomic E-state index is 14.6. The average molecular weight is 671 g/mol. The molecule has 8 rings (SSSR count). The number of hydrogen-bond acceptors (Lipinski definition) is 6. The van der Waals surface area contributed by atoms with Gasteiger partial charge in [0, 0.05) is 49.4 Å². The molecule has 1 saturated carbocycles. The van der Waals surface area contributed by atoms with Crippen molar-refractivity contribution < 1.29 is 14.7 Å². The third-order valence-electron chi connectivity index (χ3n) is 10.4. The van der Waals surface area contributed by atoms with Gasteiger partial charge >= 0.3 is 0 Å². The lowest BCUT2D eigenvalue weighted by Gasteiger charge is -2.36. The van der Waals surface area contributed by atoms with Crippen molar-refractivity contribution in [2.24, 2.45) is 23.7 Å². The number of nitrogens with zero attached hydrogens (tertiary/aromatic N) is 3. The molecule has 252 valence electrons. The molecule has 0 spiro atoms. The zero-order valence-electron chi connectivity index (χ0n) is 28.0. The van der Waals surface area contributed by atoms with E-state index in [9.17, 15) is 14.7 Å². The van der Waals surface area contributed by atoms with Crippen LogP contribution >= 0.6 is 0 Å². The highest BCUT2D eigenvalue weighted by Crippen LogP contribution is 2.64. The van der Waals surface area contributed by atoms with E-state index in [2.05, 4.69) is 16.4 Å². The Morgan fingerprint density at radius 3 is 2.10 bits per heavy atom.